The lowest BCUT2D eigenvalue weighted by Crippen LogP contribution is -2.21. The molecule has 0 unspecified atom stereocenters. The van der Waals surface area contributed by atoms with Crippen LogP contribution in [0, 0.1) is 0 Å². The lowest BCUT2D eigenvalue weighted by Gasteiger charge is -2.12. The highest BCUT2D eigenvalue weighted by Gasteiger charge is 2.16. The van der Waals surface area contributed by atoms with Gasteiger partial charge in [0.25, 0.3) is 11.8 Å². The molecule has 0 fully saturated rings. The van der Waals surface area contributed by atoms with Crippen molar-refractivity contribution in [3.63, 3.8) is 0 Å². The average molecular weight is 515 g/mol. The van der Waals surface area contributed by atoms with Crippen molar-refractivity contribution in [2.75, 3.05) is 24.4 Å². The molecule has 0 heterocycles. The monoisotopic (exact) mass is 514 g/mol. The fourth-order valence-corrected chi connectivity index (χ4v) is 3.65. The molecule has 0 aliphatic rings. The standard InChI is InChI=1S/C29H23ClN2O5/c1-36-23-14-10-22(11-15-23)31-29(35)20-7-12-24(13-8-20)37-18-27(33)32-26-16-9-21(30)17-25(26)28(34)19-5-3-2-4-6-19/h2-17H,18H2,1H3,(H,31,35)(H,32,33). The number of ketones is 1. The van der Waals surface area contributed by atoms with E-state index >= 15 is 0 Å². The van der Waals surface area contributed by atoms with Crippen LogP contribution in [0.4, 0.5) is 11.4 Å². The van der Waals surface area contributed by atoms with E-state index in [1.807, 2.05) is 6.07 Å². The average Bonchev–Trinajstić information content (AvgIpc) is 2.93. The summed E-state index contributed by atoms with van der Waals surface area (Å²) in [5, 5.41) is 5.89. The quantitative estimate of drug-likeness (QED) is 0.273. The minimum absolute atomic E-state index is 0.261. The number of hydrogen-bond donors (Lipinski definition) is 2. The van der Waals surface area contributed by atoms with E-state index in [1.54, 1.807) is 92.0 Å². The SMILES string of the molecule is COc1ccc(NC(=O)c2ccc(OCC(=O)Nc3ccc(Cl)cc3C(=O)c3ccccc3)cc2)cc1. The van der Waals surface area contributed by atoms with Gasteiger partial charge in [-0.15, -0.1) is 0 Å². The first-order valence-electron chi connectivity index (χ1n) is 11.3. The summed E-state index contributed by atoms with van der Waals surface area (Å²) in [6.45, 7) is -0.293. The number of amides is 2. The fourth-order valence-electron chi connectivity index (χ4n) is 3.47. The molecule has 0 spiro atoms. The Bertz CT molecular complexity index is 1400. The van der Waals surface area contributed by atoms with Gasteiger partial charge in [0.15, 0.2) is 12.4 Å². The van der Waals surface area contributed by atoms with E-state index in [1.165, 1.54) is 6.07 Å². The van der Waals surface area contributed by atoms with Crippen molar-refractivity contribution in [3.05, 3.63) is 119 Å². The van der Waals surface area contributed by atoms with E-state index in [0.29, 0.717) is 39.0 Å². The Hall–Kier alpha value is -4.62. The molecule has 0 aliphatic heterocycles. The normalized spacial score (nSPS) is 10.3. The second-order valence-corrected chi connectivity index (χ2v) is 8.37. The molecule has 2 N–H and O–H groups in total. The summed E-state index contributed by atoms with van der Waals surface area (Å²) < 4.78 is 10.7. The van der Waals surface area contributed by atoms with Crippen LogP contribution in [-0.2, 0) is 4.79 Å². The highest BCUT2D eigenvalue weighted by Crippen LogP contribution is 2.24. The molecule has 7 nitrogen and oxygen atoms in total. The molecule has 8 heteroatoms. The zero-order valence-electron chi connectivity index (χ0n) is 19.9. The molecule has 0 saturated carbocycles. The third kappa shape index (κ3) is 6.74. The Morgan fingerprint density at radius 2 is 1.43 bits per heavy atom. The maximum atomic E-state index is 12.9. The van der Waals surface area contributed by atoms with Crippen molar-refractivity contribution in [2.24, 2.45) is 0 Å². The van der Waals surface area contributed by atoms with Crippen LogP contribution in [0.1, 0.15) is 26.3 Å². The summed E-state index contributed by atoms with van der Waals surface area (Å²) >= 11 is 6.10. The highest BCUT2D eigenvalue weighted by atomic mass is 35.5. The molecule has 4 rings (SSSR count). The van der Waals surface area contributed by atoms with E-state index in [4.69, 9.17) is 21.1 Å². The Balaban J connectivity index is 1.35. The summed E-state index contributed by atoms with van der Waals surface area (Å²) in [7, 11) is 1.57. The van der Waals surface area contributed by atoms with Gasteiger partial charge in [-0.25, -0.2) is 0 Å². The largest absolute Gasteiger partial charge is 0.497 e. The second-order valence-electron chi connectivity index (χ2n) is 7.93. The number of ether oxygens (including phenoxy) is 2. The van der Waals surface area contributed by atoms with Crippen LogP contribution < -0.4 is 20.1 Å². The van der Waals surface area contributed by atoms with Gasteiger partial charge in [-0.1, -0.05) is 41.9 Å². The number of nitrogens with one attached hydrogen (secondary N) is 2. The van der Waals surface area contributed by atoms with Gasteiger partial charge in [-0.05, 0) is 66.7 Å². The molecule has 0 radical (unpaired) electrons. The summed E-state index contributed by atoms with van der Waals surface area (Å²) in [5.41, 5.74) is 2.15. The number of methoxy groups -OCH3 is 1. The van der Waals surface area contributed by atoms with E-state index in [-0.39, 0.29) is 23.9 Å². The van der Waals surface area contributed by atoms with Crippen molar-refractivity contribution >= 4 is 40.6 Å². The first-order valence-corrected chi connectivity index (χ1v) is 11.7. The zero-order chi connectivity index (χ0) is 26.2. The van der Waals surface area contributed by atoms with Crippen molar-refractivity contribution < 1.29 is 23.9 Å². The van der Waals surface area contributed by atoms with E-state index in [0.717, 1.165) is 0 Å². The van der Waals surface area contributed by atoms with Gasteiger partial charge in [0.1, 0.15) is 11.5 Å². The molecule has 0 bridgehead atoms. The Morgan fingerprint density at radius 3 is 2.11 bits per heavy atom. The lowest BCUT2D eigenvalue weighted by atomic mass is 10.0. The Morgan fingerprint density at radius 1 is 0.757 bits per heavy atom. The molecule has 4 aromatic carbocycles. The number of hydrogen-bond acceptors (Lipinski definition) is 5. The van der Waals surface area contributed by atoms with Gasteiger partial charge in [0.05, 0.1) is 12.8 Å². The Kier molecular flexibility index (Phi) is 8.18. The second kappa shape index (κ2) is 11.9. The van der Waals surface area contributed by atoms with E-state index < -0.39 is 5.91 Å². The van der Waals surface area contributed by atoms with Crippen LogP contribution in [0.25, 0.3) is 0 Å². The van der Waals surface area contributed by atoms with E-state index in [9.17, 15) is 14.4 Å². The van der Waals surface area contributed by atoms with Gasteiger partial charge in [-0.2, -0.15) is 0 Å². The van der Waals surface area contributed by atoms with Gasteiger partial charge in [0.2, 0.25) is 0 Å². The number of benzene rings is 4. The van der Waals surface area contributed by atoms with E-state index in [2.05, 4.69) is 10.6 Å². The van der Waals surface area contributed by atoms with Gasteiger partial charge < -0.3 is 20.1 Å². The molecule has 2 amide bonds. The van der Waals surface area contributed by atoms with Gasteiger partial charge in [-0.3, -0.25) is 14.4 Å². The summed E-state index contributed by atoms with van der Waals surface area (Å²) in [5.74, 6) is 0.104. The van der Waals surface area contributed by atoms with Crippen molar-refractivity contribution in [3.8, 4) is 11.5 Å². The number of rotatable bonds is 9. The third-order valence-corrected chi connectivity index (χ3v) is 5.61. The predicted octanol–water partition coefficient (Wildman–Crippen LogP) is 5.85. The molecule has 0 aromatic heterocycles. The van der Waals surface area contributed by atoms with Crippen LogP contribution in [-0.4, -0.2) is 31.3 Å². The summed E-state index contributed by atoms with van der Waals surface area (Å²) in [6, 6.07) is 26.8. The molecule has 0 saturated heterocycles. The molecule has 37 heavy (non-hydrogen) atoms. The van der Waals surface area contributed by atoms with Gasteiger partial charge in [0, 0.05) is 27.4 Å². The van der Waals surface area contributed by atoms with Gasteiger partial charge >= 0.3 is 0 Å². The molecular weight excluding hydrogens is 492 g/mol. The number of anilines is 2. The minimum Gasteiger partial charge on any atom is -0.497 e. The van der Waals surface area contributed by atoms with Crippen molar-refractivity contribution in [1.29, 1.82) is 0 Å². The molecule has 186 valence electrons. The molecule has 0 atom stereocenters. The van der Waals surface area contributed by atoms with Crippen LogP contribution in [0.2, 0.25) is 5.02 Å². The van der Waals surface area contributed by atoms with Crippen LogP contribution >= 0.6 is 11.6 Å². The Labute approximate surface area is 219 Å². The maximum absolute atomic E-state index is 12.9. The number of carbonyl (C=O) groups excluding carboxylic acids is 3. The highest BCUT2D eigenvalue weighted by molar-refractivity contribution is 6.31. The zero-order valence-corrected chi connectivity index (χ0v) is 20.6. The van der Waals surface area contributed by atoms with Crippen molar-refractivity contribution in [2.45, 2.75) is 0 Å². The third-order valence-electron chi connectivity index (χ3n) is 5.37. The minimum atomic E-state index is -0.453. The lowest BCUT2D eigenvalue weighted by molar-refractivity contribution is -0.118. The number of carbonyl (C=O) groups is 3. The summed E-state index contributed by atoms with van der Waals surface area (Å²) in [4.78, 5) is 38.0. The smallest absolute Gasteiger partial charge is 0.262 e. The molecule has 0 aliphatic carbocycles. The van der Waals surface area contributed by atoms with Crippen LogP contribution in [0.15, 0.2) is 97.1 Å². The first kappa shape index (κ1) is 25.5. The van der Waals surface area contributed by atoms with Crippen molar-refractivity contribution in [1.82, 2.24) is 0 Å². The fraction of sp³-hybridized carbons (Fsp3) is 0.0690. The predicted molar refractivity (Wildman–Crippen MR) is 143 cm³/mol. The first-order chi connectivity index (χ1) is 17.9. The van der Waals surface area contributed by atoms with Crippen LogP contribution in [0.3, 0.4) is 0 Å². The summed E-state index contributed by atoms with van der Waals surface area (Å²) in [6.07, 6.45) is 0. The molecule has 4 aromatic rings. The number of halogens is 1. The molecular formula is C29H23ClN2O5. The topological polar surface area (TPSA) is 93.7 Å². The van der Waals surface area contributed by atoms with Crippen LogP contribution in [0.5, 0.6) is 11.5 Å². The maximum Gasteiger partial charge on any atom is 0.262 e.